The number of carbonyl (C=O) groups excluding carboxylic acids is 1. The van der Waals surface area contributed by atoms with Gasteiger partial charge in [-0.25, -0.2) is 0 Å². The maximum Gasteiger partial charge on any atom is 0.244 e. The molecule has 5 nitrogen and oxygen atoms in total. The van der Waals surface area contributed by atoms with Gasteiger partial charge in [0.05, 0.1) is 6.42 Å². The number of hydrogen-bond acceptors (Lipinski definition) is 3. The Bertz CT molecular complexity index is 901. The zero-order chi connectivity index (χ0) is 18.7. The Morgan fingerprint density at radius 1 is 1.19 bits per heavy atom. The molecule has 5 heteroatoms. The number of H-pyrrole nitrogens is 1. The Labute approximate surface area is 153 Å². The predicted molar refractivity (Wildman–Crippen MR) is 104 cm³/mol. The lowest BCUT2D eigenvalue weighted by Crippen LogP contribution is -2.38. The molecule has 1 amide bonds. The molecule has 1 aromatic carbocycles. The second kappa shape index (κ2) is 7.12. The van der Waals surface area contributed by atoms with Gasteiger partial charge in [0, 0.05) is 28.7 Å². The maximum absolute atomic E-state index is 12.2. The molecular formula is C21H25N3O2. The monoisotopic (exact) mass is 351 g/mol. The van der Waals surface area contributed by atoms with E-state index in [2.05, 4.69) is 36.3 Å². The van der Waals surface area contributed by atoms with Crippen molar-refractivity contribution in [2.45, 2.75) is 39.0 Å². The number of furan rings is 1. The molecule has 0 radical (unpaired) electrons. The van der Waals surface area contributed by atoms with Gasteiger partial charge in [0.25, 0.3) is 0 Å². The molecule has 0 spiro atoms. The molecule has 0 aliphatic rings. The van der Waals surface area contributed by atoms with Crippen molar-refractivity contribution in [1.29, 1.82) is 0 Å². The number of aromatic amines is 1. The third kappa shape index (κ3) is 4.17. The molecule has 2 heterocycles. The molecule has 3 aromatic rings. The molecule has 3 N–H and O–H groups in total. The molecule has 0 saturated carbocycles. The molecule has 2 aromatic heterocycles. The largest absolute Gasteiger partial charge is 0.466 e. The Kier molecular flexibility index (Phi) is 4.89. The molecule has 0 fully saturated rings. The second-order valence-corrected chi connectivity index (χ2v) is 7.31. The molecule has 0 atom stereocenters. The number of para-hydroxylation sites is 1. The van der Waals surface area contributed by atoms with Crippen LogP contribution >= 0.6 is 0 Å². The first-order valence-electron chi connectivity index (χ1n) is 8.70. The number of hydrazine groups is 1. The third-order valence-electron chi connectivity index (χ3n) is 4.38. The lowest BCUT2D eigenvalue weighted by atomic mass is 9.85. The lowest BCUT2D eigenvalue weighted by Gasteiger charge is -2.24. The van der Waals surface area contributed by atoms with E-state index in [1.54, 1.807) is 0 Å². The summed E-state index contributed by atoms with van der Waals surface area (Å²) in [5, 5.41) is 1.10. The molecule has 136 valence electrons. The number of fused-ring (bicyclic) bond motifs is 1. The van der Waals surface area contributed by atoms with Gasteiger partial charge < -0.3 is 14.8 Å². The molecule has 0 saturated heterocycles. The molecule has 0 bridgehead atoms. The number of hydrogen-bond donors (Lipinski definition) is 3. The number of amides is 1. The predicted octanol–water partition coefficient (Wildman–Crippen LogP) is 4.11. The number of benzene rings is 1. The smallest absolute Gasteiger partial charge is 0.244 e. The van der Waals surface area contributed by atoms with E-state index in [1.807, 2.05) is 49.4 Å². The molecule has 0 unspecified atom stereocenters. The highest BCUT2D eigenvalue weighted by atomic mass is 16.3. The Morgan fingerprint density at radius 3 is 2.65 bits per heavy atom. The standard InChI is InChI=1S/C21H25N3O2/c1-14(13-21(3,4)19-10-9-15(2)26-19)23-24-20(25)12-17-11-16-7-5-6-8-18(16)22-17/h5-11,22-23H,1,12-13H2,2-4H3,(H,24,25). The van der Waals surface area contributed by atoms with Crippen molar-refractivity contribution in [2.24, 2.45) is 0 Å². The summed E-state index contributed by atoms with van der Waals surface area (Å²) in [6.07, 6.45) is 0.919. The van der Waals surface area contributed by atoms with Crippen LogP contribution in [0.4, 0.5) is 0 Å². The van der Waals surface area contributed by atoms with Crippen molar-refractivity contribution in [3.8, 4) is 0 Å². The van der Waals surface area contributed by atoms with Crippen LogP contribution in [-0.4, -0.2) is 10.9 Å². The minimum atomic E-state index is -0.208. The van der Waals surface area contributed by atoms with E-state index >= 15 is 0 Å². The molecule has 26 heavy (non-hydrogen) atoms. The summed E-state index contributed by atoms with van der Waals surface area (Å²) in [5.74, 6) is 1.67. The molecule has 3 rings (SSSR count). The van der Waals surface area contributed by atoms with E-state index in [9.17, 15) is 4.79 Å². The van der Waals surface area contributed by atoms with E-state index in [-0.39, 0.29) is 17.7 Å². The highest BCUT2D eigenvalue weighted by molar-refractivity contribution is 5.83. The Balaban J connectivity index is 1.51. The van der Waals surface area contributed by atoms with Gasteiger partial charge in [-0.1, -0.05) is 38.6 Å². The Morgan fingerprint density at radius 2 is 1.96 bits per heavy atom. The van der Waals surface area contributed by atoms with Crippen LogP contribution in [0.1, 0.15) is 37.5 Å². The minimum Gasteiger partial charge on any atom is -0.466 e. The first-order valence-corrected chi connectivity index (χ1v) is 8.70. The summed E-state index contributed by atoms with van der Waals surface area (Å²) < 4.78 is 5.72. The summed E-state index contributed by atoms with van der Waals surface area (Å²) >= 11 is 0. The van der Waals surface area contributed by atoms with Crippen molar-refractivity contribution >= 4 is 16.8 Å². The SMILES string of the molecule is C=C(CC(C)(C)c1ccc(C)o1)NNC(=O)Cc1cc2ccccc2[nH]1. The van der Waals surface area contributed by atoms with Gasteiger partial charge in [0.15, 0.2) is 0 Å². The number of rotatable bonds is 7. The molecule has 0 aliphatic carbocycles. The van der Waals surface area contributed by atoms with Gasteiger partial charge in [-0.05, 0) is 36.6 Å². The first kappa shape index (κ1) is 17.9. The number of allylic oxidation sites excluding steroid dienone is 1. The Hall–Kier alpha value is -2.95. The lowest BCUT2D eigenvalue weighted by molar-refractivity contribution is -0.121. The average Bonchev–Trinajstić information content (AvgIpc) is 3.18. The normalized spacial score (nSPS) is 11.5. The quantitative estimate of drug-likeness (QED) is 0.561. The van der Waals surface area contributed by atoms with Crippen molar-refractivity contribution < 1.29 is 9.21 Å². The van der Waals surface area contributed by atoms with Crippen LogP contribution in [0.25, 0.3) is 10.9 Å². The zero-order valence-electron chi connectivity index (χ0n) is 15.5. The van der Waals surface area contributed by atoms with E-state index in [0.717, 1.165) is 33.8 Å². The zero-order valence-corrected chi connectivity index (χ0v) is 15.5. The number of aromatic nitrogens is 1. The van der Waals surface area contributed by atoms with Crippen LogP contribution in [0.3, 0.4) is 0 Å². The number of aryl methyl sites for hydroxylation is 1. The second-order valence-electron chi connectivity index (χ2n) is 7.31. The van der Waals surface area contributed by atoms with Gasteiger partial charge in [-0.15, -0.1) is 0 Å². The highest BCUT2D eigenvalue weighted by Gasteiger charge is 2.25. The third-order valence-corrected chi connectivity index (χ3v) is 4.38. The van der Waals surface area contributed by atoms with Crippen LogP contribution in [0.5, 0.6) is 0 Å². The molecular weight excluding hydrogens is 326 g/mol. The maximum atomic E-state index is 12.2. The topological polar surface area (TPSA) is 70.1 Å². The van der Waals surface area contributed by atoms with Crippen LogP contribution in [0, 0.1) is 6.92 Å². The van der Waals surface area contributed by atoms with Crippen LogP contribution in [-0.2, 0) is 16.6 Å². The molecule has 0 aliphatic heterocycles. The average molecular weight is 351 g/mol. The van der Waals surface area contributed by atoms with Gasteiger partial charge >= 0.3 is 0 Å². The van der Waals surface area contributed by atoms with Gasteiger partial charge in [0.2, 0.25) is 5.91 Å². The summed E-state index contributed by atoms with van der Waals surface area (Å²) in [7, 11) is 0. The fourth-order valence-electron chi connectivity index (χ4n) is 3.07. The highest BCUT2D eigenvalue weighted by Crippen LogP contribution is 2.30. The van der Waals surface area contributed by atoms with Crippen molar-refractivity contribution in [3.05, 3.63) is 72.0 Å². The van der Waals surface area contributed by atoms with Gasteiger partial charge in [0.1, 0.15) is 11.5 Å². The fourth-order valence-corrected chi connectivity index (χ4v) is 3.07. The van der Waals surface area contributed by atoms with Gasteiger partial charge in [-0.2, -0.15) is 0 Å². The van der Waals surface area contributed by atoms with Crippen molar-refractivity contribution in [1.82, 2.24) is 15.8 Å². The van der Waals surface area contributed by atoms with Crippen molar-refractivity contribution in [3.63, 3.8) is 0 Å². The van der Waals surface area contributed by atoms with Crippen LogP contribution in [0.2, 0.25) is 0 Å². The summed E-state index contributed by atoms with van der Waals surface area (Å²) in [4.78, 5) is 15.4. The number of carbonyl (C=O) groups is 1. The summed E-state index contributed by atoms with van der Waals surface area (Å²) in [6.45, 7) is 10.1. The first-order chi connectivity index (χ1) is 12.3. The van der Waals surface area contributed by atoms with Crippen LogP contribution < -0.4 is 10.9 Å². The van der Waals surface area contributed by atoms with E-state index in [4.69, 9.17) is 4.42 Å². The van der Waals surface area contributed by atoms with Crippen molar-refractivity contribution in [2.75, 3.05) is 0 Å². The summed E-state index contributed by atoms with van der Waals surface area (Å²) in [5.41, 5.74) is 8.07. The van der Waals surface area contributed by atoms with Crippen LogP contribution in [0.15, 0.2) is 59.2 Å². The van der Waals surface area contributed by atoms with E-state index in [0.29, 0.717) is 6.42 Å². The minimum absolute atomic E-state index is 0.121. The summed E-state index contributed by atoms with van der Waals surface area (Å²) in [6, 6.07) is 13.9. The van der Waals surface area contributed by atoms with E-state index < -0.39 is 0 Å². The number of nitrogens with one attached hydrogen (secondary N) is 3. The van der Waals surface area contributed by atoms with E-state index in [1.165, 1.54) is 0 Å². The fraction of sp³-hybridized carbons (Fsp3) is 0.286. The van der Waals surface area contributed by atoms with Gasteiger partial charge in [-0.3, -0.25) is 10.2 Å².